The normalized spacial score (nSPS) is 11.6. The van der Waals surface area contributed by atoms with E-state index >= 15 is 0 Å². The maximum atomic E-state index is 12.7. The number of hydrogen-bond acceptors (Lipinski definition) is 4. The van der Waals surface area contributed by atoms with E-state index in [0.717, 1.165) is 5.56 Å². The SMILES string of the molecule is Cc1ccccc1N(C)S(=O)(=O)c1cc(CO)sc1C. The third-order valence-electron chi connectivity index (χ3n) is 3.17. The lowest BCUT2D eigenvalue weighted by Crippen LogP contribution is -2.27. The summed E-state index contributed by atoms with van der Waals surface area (Å²) in [6.07, 6.45) is 0. The van der Waals surface area contributed by atoms with Gasteiger partial charge in [0.05, 0.1) is 12.3 Å². The number of para-hydroxylation sites is 1. The number of rotatable bonds is 4. The summed E-state index contributed by atoms with van der Waals surface area (Å²) < 4.78 is 26.7. The fourth-order valence-electron chi connectivity index (χ4n) is 2.05. The van der Waals surface area contributed by atoms with Gasteiger partial charge in [0.2, 0.25) is 0 Å². The van der Waals surface area contributed by atoms with Gasteiger partial charge in [0.25, 0.3) is 10.0 Å². The predicted octanol–water partition coefficient (Wildman–Crippen LogP) is 2.68. The second-order valence-electron chi connectivity index (χ2n) is 4.55. The number of thiophene rings is 1. The Bertz CT molecular complexity index is 720. The van der Waals surface area contributed by atoms with Gasteiger partial charge >= 0.3 is 0 Å². The van der Waals surface area contributed by atoms with Crippen molar-refractivity contribution in [3.8, 4) is 0 Å². The van der Waals surface area contributed by atoms with Crippen LogP contribution in [0.5, 0.6) is 0 Å². The highest BCUT2D eigenvalue weighted by molar-refractivity contribution is 7.93. The van der Waals surface area contributed by atoms with Crippen LogP contribution in [0.2, 0.25) is 0 Å². The van der Waals surface area contributed by atoms with Crippen LogP contribution in [-0.2, 0) is 16.6 Å². The van der Waals surface area contributed by atoms with Crippen molar-refractivity contribution in [2.45, 2.75) is 25.3 Å². The van der Waals surface area contributed by atoms with E-state index in [1.165, 1.54) is 15.6 Å². The number of benzene rings is 1. The quantitative estimate of drug-likeness (QED) is 0.944. The van der Waals surface area contributed by atoms with Crippen LogP contribution in [0.3, 0.4) is 0 Å². The molecule has 0 amide bonds. The molecule has 0 fully saturated rings. The van der Waals surface area contributed by atoms with Crippen molar-refractivity contribution in [2.24, 2.45) is 0 Å². The first-order valence-corrected chi connectivity index (χ1v) is 8.38. The molecule has 108 valence electrons. The Labute approximate surface area is 123 Å². The molecule has 2 rings (SSSR count). The molecule has 0 unspecified atom stereocenters. The summed E-state index contributed by atoms with van der Waals surface area (Å²) in [5, 5.41) is 9.14. The Balaban J connectivity index is 2.49. The summed E-state index contributed by atoms with van der Waals surface area (Å²) in [4.78, 5) is 1.60. The summed E-state index contributed by atoms with van der Waals surface area (Å²) in [7, 11) is -2.05. The second-order valence-corrected chi connectivity index (χ2v) is 7.83. The number of nitrogens with zero attached hydrogens (tertiary/aromatic N) is 1. The largest absolute Gasteiger partial charge is 0.391 e. The average Bonchev–Trinajstić information content (AvgIpc) is 2.80. The van der Waals surface area contributed by atoms with Crippen LogP contribution in [0.4, 0.5) is 5.69 Å². The fraction of sp³-hybridized carbons (Fsp3) is 0.286. The molecule has 0 radical (unpaired) electrons. The molecule has 2 aromatic rings. The first-order chi connectivity index (χ1) is 9.37. The van der Waals surface area contributed by atoms with E-state index in [4.69, 9.17) is 5.11 Å². The van der Waals surface area contributed by atoms with E-state index in [1.54, 1.807) is 26.1 Å². The minimum atomic E-state index is -3.60. The van der Waals surface area contributed by atoms with Crippen molar-refractivity contribution in [1.82, 2.24) is 0 Å². The maximum absolute atomic E-state index is 12.7. The molecule has 1 aromatic carbocycles. The molecule has 0 aliphatic heterocycles. The van der Waals surface area contributed by atoms with Gasteiger partial charge in [-0.1, -0.05) is 18.2 Å². The molecule has 0 bridgehead atoms. The van der Waals surface area contributed by atoms with Gasteiger partial charge in [-0.05, 0) is 31.5 Å². The standard InChI is InChI=1S/C14H17NO3S2/c1-10-6-4-5-7-13(10)15(3)20(17,18)14-8-12(9-16)19-11(14)2/h4-8,16H,9H2,1-3H3. The fourth-order valence-corrected chi connectivity index (χ4v) is 4.77. The summed E-state index contributed by atoms with van der Waals surface area (Å²) in [5.41, 5.74) is 1.55. The van der Waals surface area contributed by atoms with Crippen LogP contribution in [0.1, 0.15) is 15.3 Å². The smallest absolute Gasteiger partial charge is 0.265 e. The van der Waals surface area contributed by atoms with Crippen LogP contribution in [0, 0.1) is 13.8 Å². The van der Waals surface area contributed by atoms with Crippen LogP contribution < -0.4 is 4.31 Å². The molecule has 0 aliphatic carbocycles. The maximum Gasteiger partial charge on any atom is 0.265 e. The highest BCUT2D eigenvalue weighted by Crippen LogP contribution is 2.31. The number of aliphatic hydroxyl groups excluding tert-OH is 1. The molecular formula is C14H17NO3S2. The molecule has 1 aromatic heterocycles. The average molecular weight is 311 g/mol. The van der Waals surface area contributed by atoms with E-state index in [2.05, 4.69) is 0 Å². The summed E-state index contributed by atoms with van der Waals surface area (Å²) in [6, 6.07) is 8.89. The van der Waals surface area contributed by atoms with Crippen molar-refractivity contribution < 1.29 is 13.5 Å². The molecule has 1 N–H and O–H groups in total. The summed E-state index contributed by atoms with van der Waals surface area (Å²) >= 11 is 1.30. The lowest BCUT2D eigenvalue weighted by molar-refractivity contribution is 0.285. The lowest BCUT2D eigenvalue weighted by atomic mass is 10.2. The zero-order valence-corrected chi connectivity index (χ0v) is 13.3. The van der Waals surface area contributed by atoms with Crippen molar-refractivity contribution >= 4 is 27.0 Å². The molecule has 4 nitrogen and oxygen atoms in total. The van der Waals surface area contributed by atoms with Crippen LogP contribution >= 0.6 is 11.3 Å². The minimum absolute atomic E-state index is 0.144. The summed E-state index contributed by atoms with van der Waals surface area (Å²) in [6.45, 7) is 3.48. The molecule has 1 heterocycles. The predicted molar refractivity (Wildman–Crippen MR) is 81.7 cm³/mol. The van der Waals surface area contributed by atoms with Gasteiger partial charge in [0.15, 0.2) is 0 Å². The Hall–Kier alpha value is -1.37. The van der Waals surface area contributed by atoms with Crippen molar-refractivity contribution in [3.05, 3.63) is 45.6 Å². The first-order valence-electron chi connectivity index (χ1n) is 6.12. The molecule has 0 atom stereocenters. The van der Waals surface area contributed by atoms with Gasteiger partial charge in [-0.25, -0.2) is 8.42 Å². The Morgan fingerprint density at radius 2 is 1.90 bits per heavy atom. The second kappa shape index (κ2) is 5.55. The molecule has 0 saturated heterocycles. The van der Waals surface area contributed by atoms with Crippen LogP contribution in [0.15, 0.2) is 35.2 Å². The number of hydrogen-bond donors (Lipinski definition) is 1. The highest BCUT2D eigenvalue weighted by atomic mass is 32.2. The highest BCUT2D eigenvalue weighted by Gasteiger charge is 2.25. The van der Waals surface area contributed by atoms with E-state index in [1.807, 2.05) is 25.1 Å². The van der Waals surface area contributed by atoms with E-state index in [9.17, 15) is 8.42 Å². The zero-order chi connectivity index (χ0) is 14.9. The Kier molecular flexibility index (Phi) is 4.17. The molecule has 6 heteroatoms. The third kappa shape index (κ3) is 2.59. The lowest BCUT2D eigenvalue weighted by Gasteiger charge is -2.21. The third-order valence-corrected chi connectivity index (χ3v) is 6.23. The zero-order valence-electron chi connectivity index (χ0n) is 11.6. The molecule has 20 heavy (non-hydrogen) atoms. The van der Waals surface area contributed by atoms with Crippen LogP contribution in [0.25, 0.3) is 0 Å². The number of aryl methyl sites for hydroxylation is 2. The molecule has 0 aliphatic rings. The monoisotopic (exact) mass is 311 g/mol. The molecule has 0 saturated carbocycles. The Morgan fingerprint density at radius 1 is 1.25 bits per heavy atom. The summed E-state index contributed by atoms with van der Waals surface area (Å²) in [5.74, 6) is 0. The van der Waals surface area contributed by atoms with Crippen molar-refractivity contribution in [2.75, 3.05) is 11.4 Å². The van der Waals surface area contributed by atoms with E-state index < -0.39 is 10.0 Å². The minimum Gasteiger partial charge on any atom is -0.391 e. The van der Waals surface area contributed by atoms with Gasteiger partial charge in [-0.15, -0.1) is 11.3 Å². The van der Waals surface area contributed by atoms with E-state index in [-0.39, 0.29) is 11.5 Å². The van der Waals surface area contributed by atoms with Gasteiger partial charge in [0.1, 0.15) is 4.90 Å². The molecular weight excluding hydrogens is 294 g/mol. The number of aliphatic hydroxyl groups is 1. The van der Waals surface area contributed by atoms with Crippen LogP contribution in [-0.4, -0.2) is 20.6 Å². The number of anilines is 1. The van der Waals surface area contributed by atoms with Gasteiger partial charge in [-0.3, -0.25) is 4.31 Å². The topological polar surface area (TPSA) is 57.6 Å². The van der Waals surface area contributed by atoms with Gasteiger partial charge in [0, 0.05) is 16.8 Å². The van der Waals surface area contributed by atoms with Gasteiger partial charge in [-0.2, -0.15) is 0 Å². The van der Waals surface area contributed by atoms with Gasteiger partial charge < -0.3 is 5.11 Å². The van der Waals surface area contributed by atoms with E-state index in [0.29, 0.717) is 15.4 Å². The Morgan fingerprint density at radius 3 is 2.45 bits per heavy atom. The number of sulfonamides is 1. The molecule has 0 spiro atoms. The van der Waals surface area contributed by atoms with Crippen molar-refractivity contribution in [1.29, 1.82) is 0 Å². The first kappa shape index (κ1) is 15.0. The van der Waals surface area contributed by atoms with Crippen molar-refractivity contribution in [3.63, 3.8) is 0 Å².